The molecule has 0 saturated carbocycles. The number of ketones is 1. The molecule has 0 aliphatic heterocycles. The Hall–Kier alpha value is -3.05. The van der Waals surface area contributed by atoms with Gasteiger partial charge in [-0.2, -0.15) is 0 Å². The first-order valence-corrected chi connectivity index (χ1v) is 9.40. The second kappa shape index (κ2) is 7.52. The molecule has 0 radical (unpaired) electrons. The normalized spacial score (nSPS) is 15.8. The fourth-order valence-electron chi connectivity index (χ4n) is 3.35. The Bertz CT molecular complexity index is 1050. The summed E-state index contributed by atoms with van der Waals surface area (Å²) in [5.74, 6) is -0.0254. The number of fused-ring (bicyclic) bond motifs is 1. The number of carbonyl (C=O) groups is 2. The number of rotatable bonds is 3. The van der Waals surface area contributed by atoms with E-state index in [2.05, 4.69) is 27.4 Å². The van der Waals surface area contributed by atoms with E-state index >= 15 is 0 Å². The number of aryl methyl sites for hydroxylation is 1. The molecule has 0 saturated heterocycles. The molecule has 140 valence electrons. The summed E-state index contributed by atoms with van der Waals surface area (Å²) < 4.78 is 0. The van der Waals surface area contributed by atoms with Gasteiger partial charge in [0.05, 0.1) is 11.3 Å². The Balaban J connectivity index is 1.56. The van der Waals surface area contributed by atoms with Gasteiger partial charge in [-0.25, -0.2) is 9.97 Å². The molecule has 1 unspecified atom stereocenters. The molecular formula is C22H18ClN3O2. The molecule has 2 aromatic carbocycles. The van der Waals surface area contributed by atoms with Gasteiger partial charge in [-0.15, -0.1) is 0 Å². The van der Waals surface area contributed by atoms with Gasteiger partial charge in [-0.1, -0.05) is 41.4 Å². The number of hydrogen-bond donors (Lipinski definition) is 1. The molecule has 0 spiro atoms. The summed E-state index contributed by atoms with van der Waals surface area (Å²) in [6.07, 6.45) is 2.58. The number of amides is 1. The van der Waals surface area contributed by atoms with E-state index in [9.17, 15) is 9.59 Å². The first-order chi connectivity index (χ1) is 13.5. The van der Waals surface area contributed by atoms with Gasteiger partial charge in [0.15, 0.2) is 5.78 Å². The molecule has 4 rings (SSSR count). The molecule has 1 N–H and O–H groups in total. The van der Waals surface area contributed by atoms with Crippen LogP contribution in [0, 0.1) is 6.92 Å². The predicted molar refractivity (Wildman–Crippen MR) is 108 cm³/mol. The predicted octanol–water partition coefficient (Wildman–Crippen LogP) is 4.60. The van der Waals surface area contributed by atoms with E-state index < -0.39 is 0 Å². The number of hydrogen-bond acceptors (Lipinski definition) is 4. The molecule has 1 amide bonds. The van der Waals surface area contributed by atoms with Crippen molar-refractivity contribution in [3.05, 3.63) is 87.7 Å². The lowest BCUT2D eigenvalue weighted by Crippen LogP contribution is -2.22. The monoisotopic (exact) mass is 391 g/mol. The number of benzene rings is 2. The number of carbonyl (C=O) groups excluding carboxylic acids is 2. The van der Waals surface area contributed by atoms with Crippen molar-refractivity contribution in [1.29, 1.82) is 0 Å². The molecule has 5 nitrogen and oxygen atoms in total. The summed E-state index contributed by atoms with van der Waals surface area (Å²) in [6, 6.07) is 14.8. The Labute approximate surface area is 167 Å². The second-order valence-corrected chi connectivity index (χ2v) is 7.39. The number of nitrogens with zero attached hydrogens (tertiary/aromatic N) is 2. The maximum atomic E-state index is 12.5. The van der Waals surface area contributed by atoms with Crippen LogP contribution in [0.25, 0.3) is 0 Å². The number of Topliss-reactive ketones (excluding diaryl/α,β-unsaturated/α-hetero) is 1. The summed E-state index contributed by atoms with van der Waals surface area (Å²) >= 11 is 5.85. The van der Waals surface area contributed by atoms with Crippen molar-refractivity contribution in [1.82, 2.24) is 9.97 Å². The van der Waals surface area contributed by atoms with E-state index in [-0.39, 0.29) is 23.6 Å². The van der Waals surface area contributed by atoms with Gasteiger partial charge in [0.1, 0.15) is 0 Å². The molecule has 3 aromatic rings. The Kier molecular flexibility index (Phi) is 4.92. The van der Waals surface area contributed by atoms with E-state index in [1.54, 1.807) is 24.3 Å². The van der Waals surface area contributed by atoms with Gasteiger partial charge in [-0.3, -0.25) is 14.9 Å². The summed E-state index contributed by atoms with van der Waals surface area (Å²) in [5.41, 5.74) is 3.96. The molecule has 28 heavy (non-hydrogen) atoms. The molecule has 1 aliphatic carbocycles. The Morgan fingerprint density at radius 3 is 2.50 bits per heavy atom. The average molecular weight is 392 g/mol. The van der Waals surface area contributed by atoms with Gasteiger partial charge in [-0.05, 0) is 49.1 Å². The van der Waals surface area contributed by atoms with Crippen LogP contribution in [0.2, 0.25) is 5.02 Å². The maximum absolute atomic E-state index is 12.5. The standard InChI is InChI=1S/C22H18ClN3O2/c1-13-2-4-14(5-3-13)16-10-19-18(20(27)11-16)12-24-22(25-19)26-21(28)15-6-8-17(23)9-7-15/h2-9,12,16H,10-11H2,1H3,(H,24,25,26,28). The minimum absolute atomic E-state index is 0.0300. The topological polar surface area (TPSA) is 72.0 Å². The third-order valence-corrected chi connectivity index (χ3v) is 5.17. The van der Waals surface area contributed by atoms with Gasteiger partial charge in [0.2, 0.25) is 5.95 Å². The maximum Gasteiger partial charge on any atom is 0.258 e. The van der Waals surface area contributed by atoms with Crippen LogP contribution in [0.1, 0.15) is 49.9 Å². The van der Waals surface area contributed by atoms with Crippen LogP contribution in [-0.2, 0) is 6.42 Å². The molecule has 0 bridgehead atoms. The van der Waals surface area contributed by atoms with Crippen LogP contribution >= 0.6 is 11.6 Å². The SMILES string of the molecule is Cc1ccc(C2CC(=O)c3cnc(NC(=O)c4ccc(Cl)cc4)nc3C2)cc1. The lowest BCUT2D eigenvalue weighted by molar-refractivity contribution is 0.0962. The van der Waals surface area contributed by atoms with Crippen LogP contribution in [0.4, 0.5) is 5.95 Å². The van der Waals surface area contributed by atoms with E-state index in [1.807, 2.05) is 19.1 Å². The van der Waals surface area contributed by atoms with E-state index in [1.165, 1.54) is 11.8 Å². The molecule has 0 fully saturated rings. The molecule has 6 heteroatoms. The van der Waals surface area contributed by atoms with Crippen molar-refractivity contribution in [2.75, 3.05) is 5.32 Å². The molecule has 1 aromatic heterocycles. The lowest BCUT2D eigenvalue weighted by Gasteiger charge is -2.23. The van der Waals surface area contributed by atoms with E-state index in [0.29, 0.717) is 34.7 Å². The first-order valence-electron chi connectivity index (χ1n) is 9.02. The zero-order chi connectivity index (χ0) is 19.7. The number of anilines is 1. The molecule has 1 atom stereocenters. The highest BCUT2D eigenvalue weighted by Crippen LogP contribution is 2.32. The van der Waals surface area contributed by atoms with Crippen molar-refractivity contribution < 1.29 is 9.59 Å². The summed E-state index contributed by atoms with van der Waals surface area (Å²) in [5, 5.41) is 3.25. The number of halogens is 1. The van der Waals surface area contributed by atoms with Crippen molar-refractivity contribution in [3.63, 3.8) is 0 Å². The van der Waals surface area contributed by atoms with Crippen LogP contribution in [0.3, 0.4) is 0 Å². The fourth-order valence-corrected chi connectivity index (χ4v) is 3.48. The highest BCUT2D eigenvalue weighted by Gasteiger charge is 2.28. The Morgan fingerprint density at radius 1 is 1.07 bits per heavy atom. The largest absolute Gasteiger partial charge is 0.294 e. The lowest BCUT2D eigenvalue weighted by atomic mass is 9.82. The van der Waals surface area contributed by atoms with Crippen LogP contribution < -0.4 is 5.32 Å². The van der Waals surface area contributed by atoms with Crippen LogP contribution in [0.5, 0.6) is 0 Å². The van der Waals surface area contributed by atoms with Crippen LogP contribution in [-0.4, -0.2) is 21.7 Å². The Morgan fingerprint density at radius 2 is 1.79 bits per heavy atom. The highest BCUT2D eigenvalue weighted by molar-refractivity contribution is 6.30. The zero-order valence-corrected chi connectivity index (χ0v) is 16.0. The summed E-state index contributed by atoms with van der Waals surface area (Å²) in [7, 11) is 0. The second-order valence-electron chi connectivity index (χ2n) is 6.95. The number of aromatic nitrogens is 2. The van der Waals surface area contributed by atoms with Crippen molar-refractivity contribution in [2.24, 2.45) is 0 Å². The first kappa shape index (κ1) is 18.3. The third-order valence-electron chi connectivity index (χ3n) is 4.92. The smallest absolute Gasteiger partial charge is 0.258 e. The molecular weight excluding hydrogens is 374 g/mol. The van der Waals surface area contributed by atoms with E-state index in [0.717, 1.165) is 5.56 Å². The van der Waals surface area contributed by atoms with Gasteiger partial charge in [0.25, 0.3) is 5.91 Å². The zero-order valence-electron chi connectivity index (χ0n) is 15.3. The van der Waals surface area contributed by atoms with Gasteiger partial charge < -0.3 is 0 Å². The highest BCUT2D eigenvalue weighted by atomic mass is 35.5. The fraction of sp³-hybridized carbons (Fsp3) is 0.182. The summed E-state index contributed by atoms with van der Waals surface area (Å²) in [6.45, 7) is 2.04. The molecule has 1 aliphatic rings. The van der Waals surface area contributed by atoms with Gasteiger partial charge >= 0.3 is 0 Å². The minimum Gasteiger partial charge on any atom is -0.294 e. The minimum atomic E-state index is -0.325. The van der Waals surface area contributed by atoms with Crippen molar-refractivity contribution in [3.8, 4) is 0 Å². The van der Waals surface area contributed by atoms with Gasteiger partial charge in [0, 0.05) is 23.2 Å². The summed E-state index contributed by atoms with van der Waals surface area (Å²) in [4.78, 5) is 33.5. The average Bonchev–Trinajstić information content (AvgIpc) is 2.68. The quantitative estimate of drug-likeness (QED) is 0.708. The molecule has 1 heterocycles. The van der Waals surface area contributed by atoms with E-state index in [4.69, 9.17) is 11.6 Å². The van der Waals surface area contributed by atoms with Crippen molar-refractivity contribution in [2.45, 2.75) is 25.7 Å². The number of nitrogens with one attached hydrogen (secondary N) is 1. The van der Waals surface area contributed by atoms with Crippen molar-refractivity contribution >= 4 is 29.2 Å². The van der Waals surface area contributed by atoms with Crippen LogP contribution in [0.15, 0.2) is 54.7 Å². The third kappa shape index (κ3) is 3.80.